The molecule has 1 saturated heterocycles. The molecule has 1 aliphatic rings. The van der Waals surface area contributed by atoms with E-state index in [1.54, 1.807) is 18.0 Å². The molecular weight excluding hydrogens is 544 g/mol. The third-order valence-corrected chi connectivity index (χ3v) is 6.46. The van der Waals surface area contributed by atoms with Crippen molar-refractivity contribution in [3.8, 4) is 0 Å². The minimum atomic E-state index is -5.26. The van der Waals surface area contributed by atoms with Crippen LogP contribution in [0.15, 0.2) is 27.8 Å². The van der Waals surface area contributed by atoms with Crippen molar-refractivity contribution in [2.75, 3.05) is 38.2 Å². The van der Waals surface area contributed by atoms with Gasteiger partial charge in [-0.1, -0.05) is 0 Å². The molecule has 7 nitrogen and oxygen atoms in total. The molecule has 0 bridgehead atoms. The van der Waals surface area contributed by atoms with Gasteiger partial charge in [-0.2, -0.15) is 29.2 Å². The van der Waals surface area contributed by atoms with Gasteiger partial charge in [-0.25, -0.2) is 8.42 Å². The average Bonchev–Trinajstić information content (AvgIpc) is 3.15. The second-order valence-corrected chi connectivity index (χ2v) is 9.16. The lowest BCUT2D eigenvalue weighted by molar-refractivity contribution is -0.0494. The molecule has 2 heterocycles. The van der Waals surface area contributed by atoms with Gasteiger partial charge in [0.25, 0.3) is 0 Å². The highest BCUT2D eigenvalue weighted by atomic mass is 127. The van der Waals surface area contributed by atoms with E-state index in [9.17, 15) is 21.6 Å². The van der Waals surface area contributed by atoms with E-state index in [0.717, 1.165) is 11.5 Å². The summed E-state index contributed by atoms with van der Waals surface area (Å²) >= 11 is 1.66. The molecule has 0 atom stereocenters. The Hall–Kier alpha value is -0.670. The molecule has 2 rings (SSSR count). The molecule has 0 aromatic carbocycles. The van der Waals surface area contributed by atoms with E-state index in [4.69, 9.17) is 4.42 Å². The number of piperidine rings is 1. The van der Waals surface area contributed by atoms with Gasteiger partial charge in [-0.05, 0) is 31.2 Å². The molecule has 1 fully saturated rings. The van der Waals surface area contributed by atoms with Crippen LogP contribution in [0.25, 0.3) is 0 Å². The Labute approximate surface area is 190 Å². The van der Waals surface area contributed by atoms with Crippen molar-refractivity contribution in [3.05, 3.63) is 24.2 Å². The average molecular weight is 570 g/mol. The molecule has 0 saturated carbocycles. The molecule has 0 aliphatic carbocycles. The molecule has 13 heteroatoms. The Morgan fingerprint density at radius 1 is 1.38 bits per heavy atom. The fourth-order valence-corrected chi connectivity index (χ4v) is 4.00. The second kappa shape index (κ2) is 12.2. The number of sulfonamides is 1. The third kappa shape index (κ3) is 8.17. The predicted molar refractivity (Wildman–Crippen MR) is 119 cm³/mol. The van der Waals surface area contributed by atoms with E-state index in [-0.39, 0.29) is 55.9 Å². The molecular formula is C16H26F3IN4O3S2. The molecule has 168 valence electrons. The molecule has 0 radical (unpaired) electrons. The van der Waals surface area contributed by atoms with Crippen molar-refractivity contribution in [2.45, 2.75) is 30.8 Å². The summed E-state index contributed by atoms with van der Waals surface area (Å²) < 4.78 is 66.8. The van der Waals surface area contributed by atoms with Crippen LogP contribution in [0.5, 0.6) is 0 Å². The van der Waals surface area contributed by atoms with Crippen LogP contribution in [0.4, 0.5) is 13.2 Å². The van der Waals surface area contributed by atoms with Crippen molar-refractivity contribution in [2.24, 2.45) is 4.99 Å². The number of furan rings is 1. The van der Waals surface area contributed by atoms with E-state index in [0.29, 0.717) is 29.8 Å². The van der Waals surface area contributed by atoms with E-state index in [1.807, 2.05) is 18.4 Å². The molecule has 1 aliphatic heterocycles. The molecule has 1 aromatic heterocycles. The summed E-state index contributed by atoms with van der Waals surface area (Å²) in [7, 11) is -5.26. The van der Waals surface area contributed by atoms with Crippen molar-refractivity contribution >= 4 is 51.7 Å². The summed E-state index contributed by atoms with van der Waals surface area (Å²) in [6.07, 6.45) is 4.79. The maximum Gasteiger partial charge on any atom is 0.511 e. The molecule has 0 amide bonds. The lowest BCUT2D eigenvalue weighted by Crippen LogP contribution is -2.52. The molecule has 29 heavy (non-hydrogen) atoms. The number of alkyl halides is 3. The number of nitrogens with zero attached hydrogens (tertiary/aromatic N) is 2. The van der Waals surface area contributed by atoms with Gasteiger partial charge >= 0.3 is 15.5 Å². The van der Waals surface area contributed by atoms with E-state index in [2.05, 4.69) is 15.6 Å². The molecule has 0 unspecified atom stereocenters. The zero-order valence-electron chi connectivity index (χ0n) is 15.9. The lowest BCUT2D eigenvalue weighted by Gasteiger charge is -2.32. The summed E-state index contributed by atoms with van der Waals surface area (Å²) in [6, 6.07) is 3.53. The zero-order chi connectivity index (χ0) is 20.6. The minimum absolute atomic E-state index is 0. The van der Waals surface area contributed by atoms with Crippen LogP contribution in [-0.2, 0) is 16.4 Å². The Morgan fingerprint density at radius 2 is 2.07 bits per heavy atom. The van der Waals surface area contributed by atoms with Crippen LogP contribution in [-0.4, -0.2) is 68.4 Å². The fraction of sp³-hybridized carbons (Fsp3) is 0.688. The first-order chi connectivity index (χ1) is 13.2. The number of aliphatic imine (C=N–C) groups is 1. The normalized spacial score (nSPS) is 17.0. The Kier molecular flexibility index (Phi) is 11.1. The SMILES string of the molecule is CSCCN=C(NCCc1ccco1)NC1CCN(S(=O)(=O)C(F)(F)F)CC1.I. The first-order valence-electron chi connectivity index (χ1n) is 8.86. The van der Waals surface area contributed by atoms with Gasteiger partial charge in [0.15, 0.2) is 5.96 Å². The standard InChI is InChI=1S/C16H25F3N4O3S2.HI/c1-27-12-8-21-15(20-7-4-14-3-2-11-26-14)22-13-5-9-23(10-6-13)28(24,25)16(17,18)19;/h2-3,11,13H,4-10,12H2,1H3,(H2,20,21,22);1H. The smallest absolute Gasteiger partial charge is 0.469 e. The van der Waals surface area contributed by atoms with E-state index >= 15 is 0 Å². The van der Waals surface area contributed by atoms with Gasteiger partial charge in [-0.15, -0.1) is 24.0 Å². The number of nitrogens with one attached hydrogen (secondary N) is 2. The van der Waals surface area contributed by atoms with Gasteiger partial charge in [-0.3, -0.25) is 4.99 Å². The predicted octanol–water partition coefficient (Wildman–Crippen LogP) is 2.65. The maximum absolute atomic E-state index is 12.7. The lowest BCUT2D eigenvalue weighted by atomic mass is 10.1. The summed E-state index contributed by atoms with van der Waals surface area (Å²) in [6.45, 7) is 0.826. The van der Waals surface area contributed by atoms with E-state index < -0.39 is 15.5 Å². The highest BCUT2D eigenvalue weighted by molar-refractivity contribution is 14.0. The van der Waals surface area contributed by atoms with Crippen LogP contribution in [0.1, 0.15) is 18.6 Å². The minimum Gasteiger partial charge on any atom is -0.469 e. The quantitative estimate of drug-likeness (QED) is 0.217. The van der Waals surface area contributed by atoms with Crippen LogP contribution < -0.4 is 10.6 Å². The number of thioether (sulfide) groups is 1. The summed E-state index contributed by atoms with van der Waals surface area (Å²) in [5.41, 5.74) is -5.26. The van der Waals surface area contributed by atoms with Gasteiger partial charge in [0.2, 0.25) is 0 Å². The third-order valence-electron chi connectivity index (χ3n) is 4.24. The highest BCUT2D eigenvalue weighted by Gasteiger charge is 2.50. The number of rotatable bonds is 8. The second-order valence-electron chi connectivity index (χ2n) is 6.25. The topological polar surface area (TPSA) is 86.9 Å². The number of hydrogen-bond donors (Lipinski definition) is 2. The molecule has 2 N–H and O–H groups in total. The first kappa shape index (κ1) is 26.4. The van der Waals surface area contributed by atoms with Crippen LogP contribution >= 0.6 is 35.7 Å². The van der Waals surface area contributed by atoms with Crippen LogP contribution in [0.3, 0.4) is 0 Å². The first-order valence-corrected chi connectivity index (χ1v) is 11.7. The van der Waals surface area contributed by atoms with Gasteiger partial charge in [0.1, 0.15) is 5.76 Å². The highest BCUT2D eigenvalue weighted by Crippen LogP contribution is 2.28. The number of hydrogen-bond acceptors (Lipinski definition) is 5. The van der Waals surface area contributed by atoms with Gasteiger partial charge in [0.05, 0.1) is 12.8 Å². The Bertz CT molecular complexity index is 722. The van der Waals surface area contributed by atoms with Crippen molar-refractivity contribution < 1.29 is 26.0 Å². The maximum atomic E-state index is 12.7. The molecule has 0 spiro atoms. The fourth-order valence-electron chi connectivity index (χ4n) is 2.74. The Morgan fingerprint density at radius 3 is 2.62 bits per heavy atom. The number of guanidine groups is 1. The van der Waals surface area contributed by atoms with Crippen molar-refractivity contribution in [1.29, 1.82) is 0 Å². The summed E-state index contributed by atoms with van der Waals surface area (Å²) in [5.74, 6) is 2.24. The monoisotopic (exact) mass is 570 g/mol. The summed E-state index contributed by atoms with van der Waals surface area (Å²) in [5, 5.41) is 6.39. The van der Waals surface area contributed by atoms with Gasteiger partial charge in [0, 0.05) is 37.8 Å². The van der Waals surface area contributed by atoms with E-state index in [1.165, 1.54) is 0 Å². The van der Waals surface area contributed by atoms with Crippen molar-refractivity contribution in [1.82, 2.24) is 14.9 Å². The number of halogens is 4. The zero-order valence-corrected chi connectivity index (χ0v) is 19.9. The molecule has 1 aromatic rings. The summed E-state index contributed by atoms with van der Waals surface area (Å²) in [4.78, 5) is 4.46. The Balaban J connectivity index is 0.00000420. The van der Waals surface area contributed by atoms with Gasteiger partial charge < -0.3 is 15.1 Å². The van der Waals surface area contributed by atoms with Crippen LogP contribution in [0, 0.1) is 0 Å². The van der Waals surface area contributed by atoms with Crippen LogP contribution in [0.2, 0.25) is 0 Å². The van der Waals surface area contributed by atoms with Crippen molar-refractivity contribution in [3.63, 3.8) is 0 Å². The largest absolute Gasteiger partial charge is 0.511 e.